The van der Waals surface area contributed by atoms with Crippen molar-refractivity contribution < 1.29 is 0 Å². The van der Waals surface area contributed by atoms with Gasteiger partial charge >= 0.3 is 0 Å². The van der Waals surface area contributed by atoms with Crippen molar-refractivity contribution in [3.8, 4) is 0 Å². The molecule has 1 saturated heterocycles. The highest BCUT2D eigenvalue weighted by molar-refractivity contribution is 5.59. The van der Waals surface area contributed by atoms with Crippen LogP contribution < -0.4 is 10.2 Å². The van der Waals surface area contributed by atoms with E-state index in [0.29, 0.717) is 0 Å². The van der Waals surface area contributed by atoms with Crippen LogP contribution in [0, 0.1) is 5.92 Å². The molecule has 1 aromatic rings. The van der Waals surface area contributed by atoms with Crippen LogP contribution in [0.1, 0.15) is 51.5 Å². The summed E-state index contributed by atoms with van der Waals surface area (Å²) < 4.78 is 0. The van der Waals surface area contributed by atoms with Crippen LogP contribution in [0.2, 0.25) is 0 Å². The molecule has 0 amide bonds. The first-order valence-corrected chi connectivity index (χ1v) is 8.19. The van der Waals surface area contributed by atoms with Gasteiger partial charge in [0.2, 0.25) is 0 Å². The van der Waals surface area contributed by atoms with Crippen molar-refractivity contribution in [1.82, 2.24) is 9.97 Å². The third-order valence-electron chi connectivity index (χ3n) is 4.90. The average molecular weight is 274 g/mol. The zero-order valence-electron chi connectivity index (χ0n) is 12.7. The summed E-state index contributed by atoms with van der Waals surface area (Å²) in [6, 6.07) is 0.721. The summed E-state index contributed by atoms with van der Waals surface area (Å²) in [6.07, 6.45) is 9.61. The summed E-state index contributed by atoms with van der Waals surface area (Å²) in [5.74, 6) is 3.11. The van der Waals surface area contributed by atoms with E-state index in [1.54, 1.807) is 6.33 Å². The molecule has 1 aliphatic heterocycles. The summed E-state index contributed by atoms with van der Waals surface area (Å²) in [7, 11) is 0. The molecule has 1 aromatic heterocycles. The van der Waals surface area contributed by atoms with Gasteiger partial charge in [0.25, 0.3) is 0 Å². The first-order chi connectivity index (χ1) is 9.85. The van der Waals surface area contributed by atoms with Crippen LogP contribution in [0.5, 0.6) is 0 Å². The Morgan fingerprint density at radius 3 is 2.85 bits per heavy atom. The van der Waals surface area contributed by atoms with Gasteiger partial charge in [-0.15, -0.1) is 0 Å². The normalized spacial score (nSPS) is 25.6. The molecule has 4 nitrogen and oxygen atoms in total. The third kappa shape index (κ3) is 2.36. The summed E-state index contributed by atoms with van der Waals surface area (Å²) in [5, 5.41) is 3.39. The van der Waals surface area contributed by atoms with Gasteiger partial charge in [-0.05, 0) is 38.5 Å². The molecule has 0 radical (unpaired) electrons. The molecule has 4 heteroatoms. The van der Waals surface area contributed by atoms with Crippen LogP contribution in [0.4, 0.5) is 11.6 Å². The lowest BCUT2D eigenvalue weighted by Gasteiger charge is -2.33. The van der Waals surface area contributed by atoms with E-state index in [4.69, 9.17) is 0 Å². The highest BCUT2D eigenvalue weighted by atomic mass is 15.2. The fourth-order valence-corrected chi connectivity index (χ4v) is 3.96. The van der Waals surface area contributed by atoms with E-state index < -0.39 is 0 Å². The van der Waals surface area contributed by atoms with E-state index in [2.05, 4.69) is 34.0 Å². The molecular formula is C16H26N4. The molecule has 110 valence electrons. The van der Waals surface area contributed by atoms with E-state index >= 15 is 0 Å². The molecule has 0 bridgehead atoms. The van der Waals surface area contributed by atoms with Crippen molar-refractivity contribution in [3.05, 3.63) is 11.9 Å². The van der Waals surface area contributed by atoms with Crippen LogP contribution in [-0.2, 0) is 6.42 Å². The maximum atomic E-state index is 4.64. The minimum atomic E-state index is 0.721. The standard InChI is InChI=1S/C16H26N4/c1-3-13-15(17-4-2)18-11-19-16(13)20-10-9-12-7-5-6-8-14(12)20/h11-12,14H,3-10H2,1-2H3,(H,17,18,19). The molecule has 2 fully saturated rings. The molecule has 2 heterocycles. The average Bonchev–Trinajstić information content (AvgIpc) is 2.91. The van der Waals surface area contributed by atoms with Gasteiger partial charge in [-0.1, -0.05) is 19.8 Å². The Labute approximate surface area is 122 Å². The van der Waals surface area contributed by atoms with Gasteiger partial charge in [0, 0.05) is 24.7 Å². The van der Waals surface area contributed by atoms with Gasteiger partial charge in [0.15, 0.2) is 0 Å². The Balaban J connectivity index is 1.91. The van der Waals surface area contributed by atoms with Gasteiger partial charge in [-0.25, -0.2) is 9.97 Å². The lowest BCUT2D eigenvalue weighted by molar-refractivity contribution is 0.341. The largest absolute Gasteiger partial charge is 0.370 e. The number of hydrogen-bond acceptors (Lipinski definition) is 4. The second kappa shape index (κ2) is 5.98. The number of nitrogens with zero attached hydrogens (tertiary/aromatic N) is 3. The fourth-order valence-electron chi connectivity index (χ4n) is 3.96. The minimum Gasteiger partial charge on any atom is -0.370 e. The van der Waals surface area contributed by atoms with Crippen molar-refractivity contribution in [1.29, 1.82) is 0 Å². The third-order valence-corrected chi connectivity index (χ3v) is 4.90. The molecule has 0 spiro atoms. The predicted molar refractivity (Wildman–Crippen MR) is 83.3 cm³/mol. The van der Waals surface area contributed by atoms with Gasteiger partial charge in [-0.2, -0.15) is 0 Å². The predicted octanol–water partition coefficient (Wildman–Crippen LogP) is 3.24. The maximum Gasteiger partial charge on any atom is 0.137 e. The Morgan fingerprint density at radius 2 is 2.05 bits per heavy atom. The van der Waals surface area contributed by atoms with E-state index in [1.165, 1.54) is 50.0 Å². The van der Waals surface area contributed by atoms with E-state index in [1.807, 2.05) is 0 Å². The van der Waals surface area contributed by atoms with Crippen molar-refractivity contribution in [2.75, 3.05) is 23.3 Å². The Bertz CT molecular complexity index is 460. The summed E-state index contributed by atoms with van der Waals surface area (Å²) in [5.41, 5.74) is 1.29. The first kappa shape index (κ1) is 13.7. The van der Waals surface area contributed by atoms with Crippen LogP contribution in [0.25, 0.3) is 0 Å². The molecular weight excluding hydrogens is 248 g/mol. The van der Waals surface area contributed by atoms with Crippen LogP contribution >= 0.6 is 0 Å². The van der Waals surface area contributed by atoms with Crippen LogP contribution in [0.15, 0.2) is 6.33 Å². The smallest absolute Gasteiger partial charge is 0.137 e. The molecule has 2 unspecified atom stereocenters. The van der Waals surface area contributed by atoms with E-state index in [0.717, 1.165) is 30.7 Å². The quantitative estimate of drug-likeness (QED) is 0.915. The lowest BCUT2D eigenvalue weighted by Crippen LogP contribution is -2.36. The highest BCUT2D eigenvalue weighted by Crippen LogP contribution is 2.39. The minimum absolute atomic E-state index is 0.721. The zero-order chi connectivity index (χ0) is 13.9. The number of nitrogens with one attached hydrogen (secondary N) is 1. The molecule has 3 rings (SSSR count). The molecule has 1 aliphatic carbocycles. The highest BCUT2D eigenvalue weighted by Gasteiger charge is 2.37. The lowest BCUT2D eigenvalue weighted by atomic mass is 9.85. The number of hydrogen-bond donors (Lipinski definition) is 1. The number of aromatic nitrogens is 2. The van der Waals surface area contributed by atoms with Gasteiger partial charge < -0.3 is 10.2 Å². The summed E-state index contributed by atoms with van der Waals surface area (Å²) in [6.45, 7) is 6.41. The SMILES string of the molecule is CCNc1ncnc(N2CCC3CCCCC32)c1CC. The van der Waals surface area contributed by atoms with Crippen LogP contribution in [-0.4, -0.2) is 29.1 Å². The second-order valence-corrected chi connectivity index (χ2v) is 6.00. The topological polar surface area (TPSA) is 41.1 Å². The second-order valence-electron chi connectivity index (χ2n) is 6.00. The van der Waals surface area contributed by atoms with Crippen LogP contribution in [0.3, 0.4) is 0 Å². The Kier molecular flexibility index (Phi) is 4.08. The van der Waals surface area contributed by atoms with Crippen molar-refractivity contribution >= 4 is 11.6 Å². The number of anilines is 2. The van der Waals surface area contributed by atoms with Crippen molar-refractivity contribution in [2.24, 2.45) is 5.92 Å². The van der Waals surface area contributed by atoms with Crippen molar-refractivity contribution in [3.63, 3.8) is 0 Å². The maximum absolute atomic E-state index is 4.64. The van der Waals surface area contributed by atoms with Crippen molar-refractivity contribution in [2.45, 2.75) is 58.4 Å². The zero-order valence-corrected chi connectivity index (χ0v) is 12.7. The Morgan fingerprint density at radius 1 is 1.20 bits per heavy atom. The van der Waals surface area contributed by atoms with Gasteiger partial charge in [0.05, 0.1) is 0 Å². The van der Waals surface area contributed by atoms with E-state index in [9.17, 15) is 0 Å². The summed E-state index contributed by atoms with van der Waals surface area (Å²) in [4.78, 5) is 11.6. The Hall–Kier alpha value is -1.32. The molecule has 2 aliphatic rings. The molecule has 1 N–H and O–H groups in total. The molecule has 0 aromatic carbocycles. The fraction of sp³-hybridized carbons (Fsp3) is 0.750. The molecule has 1 saturated carbocycles. The first-order valence-electron chi connectivity index (χ1n) is 8.19. The van der Waals surface area contributed by atoms with Gasteiger partial charge in [-0.3, -0.25) is 0 Å². The number of rotatable bonds is 4. The number of fused-ring (bicyclic) bond motifs is 1. The summed E-state index contributed by atoms with van der Waals surface area (Å²) >= 11 is 0. The molecule has 20 heavy (non-hydrogen) atoms. The molecule has 2 atom stereocenters. The van der Waals surface area contributed by atoms with E-state index in [-0.39, 0.29) is 0 Å². The monoisotopic (exact) mass is 274 g/mol. The van der Waals surface area contributed by atoms with Gasteiger partial charge in [0.1, 0.15) is 18.0 Å².